The van der Waals surface area contributed by atoms with Crippen molar-refractivity contribution < 1.29 is 4.74 Å². The number of ether oxygens (including phenoxy) is 1. The lowest BCUT2D eigenvalue weighted by Gasteiger charge is -2.27. The van der Waals surface area contributed by atoms with Crippen LogP contribution in [0.4, 0.5) is 11.9 Å². The van der Waals surface area contributed by atoms with Crippen molar-refractivity contribution in [3.63, 3.8) is 0 Å². The second-order valence-corrected chi connectivity index (χ2v) is 9.66. The minimum Gasteiger partial charge on any atom is -0.497 e. The minimum absolute atomic E-state index is 0.0251. The normalized spacial score (nSPS) is 15.6. The summed E-state index contributed by atoms with van der Waals surface area (Å²) in [6.07, 6.45) is 7.04. The maximum absolute atomic E-state index is 5.41. The van der Waals surface area contributed by atoms with Gasteiger partial charge in [-0.2, -0.15) is 19.6 Å². The highest BCUT2D eigenvalue weighted by molar-refractivity contribution is 5.56. The number of methoxy groups -OCH3 is 1. The first-order valence-electron chi connectivity index (χ1n) is 12.6. The van der Waals surface area contributed by atoms with Crippen LogP contribution in [0.2, 0.25) is 0 Å². The van der Waals surface area contributed by atoms with E-state index in [9.17, 15) is 0 Å². The zero-order valence-electron chi connectivity index (χ0n) is 21.3. The van der Waals surface area contributed by atoms with Crippen LogP contribution in [0.1, 0.15) is 69.5 Å². The molecule has 0 amide bonds. The van der Waals surface area contributed by atoms with E-state index in [0.717, 1.165) is 48.0 Å². The number of benzene rings is 1. The van der Waals surface area contributed by atoms with Crippen LogP contribution in [0, 0.1) is 0 Å². The number of nitrogens with one attached hydrogen (secondary N) is 1. The third kappa shape index (κ3) is 5.60. The second-order valence-electron chi connectivity index (χ2n) is 9.66. The van der Waals surface area contributed by atoms with Crippen molar-refractivity contribution in [2.75, 3.05) is 50.6 Å². The van der Waals surface area contributed by atoms with Gasteiger partial charge in [-0.05, 0) is 69.4 Å². The third-order valence-corrected chi connectivity index (χ3v) is 6.70. The molecule has 2 aromatic heterocycles. The molecule has 184 valence electrons. The molecule has 1 fully saturated rings. The van der Waals surface area contributed by atoms with E-state index in [1.165, 1.54) is 32.4 Å². The molecule has 1 unspecified atom stereocenters. The van der Waals surface area contributed by atoms with Gasteiger partial charge in [-0.25, -0.2) is 0 Å². The maximum atomic E-state index is 5.41. The Morgan fingerprint density at radius 1 is 1.12 bits per heavy atom. The molecule has 34 heavy (non-hydrogen) atoms. The molecular weight excluding hydrogens is 426 g/mol. The number of aromatic nitrogens is 4. The highest BCUT2D eigenvalue weighted by atomic mass is 16.5. The molecule has 8 heteroatoms. The smallest absolute Gasteiger partial charge is 0.230 e. The van der Waals surface area contributed by atoms with Crippen molar-refractivity contribution in [2.24, 2.45) is 0 Å². The van der Waals surface area contributed by atoms with Crippen LogP contribution in [-0.4, -0.2) is 64.8 Å². The summed E-state index contributed by atoms with van der Waals surface area (Å²) in [5.74, 6) is 2.60. The van der Waals surface area contributed by atoms with Crippen LogP contribution in [-0.2, 0) is 0 Å². The molecule has 1 atom stereocenters. The highest BCUT2D eigenvalue weighted by Crippen LogP contribution is 2.26. The van der Waals surface area contributed by atoms with Crippen molar-refractivity contribution in [3.05, 3.63) is 41.6 Å². The Morgan fingerprint density at radius 3 is 2.65 bits per heavy atom. The zero-order chi connectivity index (χ0) is 24.1. The van der Waals surface area contributed by atoms with Crippen LogP contribution in [0.5, 0.6) is 5.75 Å². The molecule has 0 bridgehead atoms. The molecule has 3 heterocycles. The fourth-order valence-corrected chi connectivity index (χ4v) is 4.56. The first kappa shape index (κ1) is 24.3. The lowest BCUT2D eigenvalue weighted by atomic mass is 10.1. The molecule has 1 aliphatic rings. The van der Waals surface area contributed by atoms with Gasteiger partial charge in [-0.3, -0.25) is 0 Å². The number of hydrogen-bond acceptors (Lipinski definition) is 7. The van der Waals surface area contributed by atoms with E-state index < -0.39 is 0 Å². The Kier molecular flexibility index (Phi) is 7.88. The molecule has 0 spiro atoms. The second kappa shape index (κ2) is 11.0. The van der Waals surface area contributed by atoms with Crippen molar-refractivity contribution in [3.8, 4) is 5.75 Å². The topological polar surface area (TPSA) is 70.8 Å². The number of rotatable bonds is 10. The van der Waals surface area contributed by atoms with Gasteiger partial charge >= 0.3 is 0 Å². The van der Waals surface area contributed by atoms with Crippen molar-refractivity contribution >= 4 is 17.5 Å². The number of anilines is 2. The number of piperidine rings is 1. The molecule has 0 aliphatic carbocycles. The standard InChI is InChI=1S/C26H39N7O/c1-19(2)23-18-27-33-24(23)29-25(31(4)13-10-16-32-14-7-6-8-15-32)30-26(33)28-20(3)21-11-9-12-22(17-21)34-5/h9,11-12,17-20H,6-8,10,13-16H2,1-5H3,(H,28,29,30). The van der Waals surface area contributed by atoms with Crippen LogP contribution in [0.3, 0.4) is 0 Å². The maximum Gasteiger partial charge on any atom is 0.230 e. The first-order valence-corrected chi connectivity index (χ1v) is 12.6. The average molecular weight is 466 g/mol. The Balaban J connectivity index is 1.56. The Labute approximate surface area is 203 Å². The minimum atomic E-state index is 0.0251. The molecule has 1 aromatic carbocycles. The van der Waals surface area contributed by atoms with Crippen molar-refractivity contribution in [1.29, 1.82) is 0 Å². The molecule has 1 aliphatic heterocycles. The summed E-state index contributed by atoms with van der Waals surface area (Å²) in [7, 11) is 3.78. The largest absolute Gasteiger partial charge is 0.497 e. The molecule has 1 N–H and O–H groups in total. The Morgan fingerprint density at radius 2 is 1.91 bits per heavy atom. The SMILES string of the molecule is COc1cccc(C(C)Nc2nc(N(C)CCCN3CCCCC3)nc3c(C(C)C)cnn23)c1. The van der Waals surface area contributed by atoms with Crippen LogP contribution < -0.4 is 15.0 Å². The first-order chi connectivity index (χ1) is 16.5. The van der Waals surface area contributed by atoms with Crippen LogP contribution in [0.15, 0.2) is 30.5 Å². The van der Waals surface area contributed by atoms with Gasteiger partial charge in [0.05, 0.1) is 19.3 Å². The Bertz CT molecular complexity index is 1070. The lowest BCUT2D eigenvalue weighted by Crippen LogP contribution is -2.33. The summed E-state index contributed by atoms with van der Waals surface area (Å²) in [5, 5.41) is 8.19. The molecule has 4 rings (SSSR count). The van der Waals surface area contributed by atoms with E-state index >= 15 is 0 Å². The van der Waals surface area contributed by atoms with Crippen LogP contribution in [0.25, 0.3) is 5.65 Å². The van der Waals surface area contributed by atoms with Gasteiger partial charge in [-0.15, -0.1) is 0 Å². The van der Waals surface area contributed by atoms with Gasteiger partial charge in [0, 0.05) is 19.2 Å². The number of nitrogens with zero attached hydrogens (tertiary/aromatic N) is 6. The summed E-state index contributed by atoms with van der Waals surface area (Å²) in [5.41, 5.74) is 3.12. The Hall–Kier alpha value is -2.87. The van der Waals surface area contributed by atoms with Gasteiger partial charge in [0.15, 0.2) is 5.65 Å². The van der Waals surface area contributed by atoms with E-state index in [1.807, 2.05) is 28.9 Å². The molecule has 8 nitrogen and oxygen atoms in total. The fourth-order valence-electron chi connectivity index (χ4n) is 4.56. The average Bonchev–Trinajstić information content (AvgIpc) is 3.29. The van der Waals surface area contributed by atoms with Crippen LogP contribution >= 0.6 is 0 Å². The van der Waals surface area contributed by atoms with Gasteiger partial charge < -0.3 is 19.9 Å². The van der Waals surface area contributed by atoms with Gasteiger partial charge in [0.1, 0.15) is 5.75 Å². The number of fused-ring (bicyclic) bond motifs is 1. The lowest BCUT2D eigenvalue weighted by molar-refractivity contribution is 0.227. The number of likely N-dealkylation sites (tertiary alicyclic amines) is 1. The monoisotopic (exact) mass is 465 g/mol. The third-order valence-electron chi connectivity index (χ3n) is 6.70. The van der Waals surface area contributed by atoms with Gasteiger partial charge in [0.2, 0.25) is 11.9 Å². The molecular formula is C26H39N7O. The van der Waals surface area contributed by atoms with Crippen molar-refractivity contribution in [1.82, 2.24) is 24.5 Å². The van der Waals surface area contributed by atoms with Gasteiger partial charge in [0.25, 0.3) is 0 Å². The van der Waals surface area contributed by atoms with E-state index in [-0.39, 0.29) is 6.04 Å². The quantitative estimate of drug-likeness (QED) is 0.464. The van der Waals surface area contributed by atoms with E-state index in [2.05, 4.69) is 54.1 Å². The highest BCUT2D eigenvalue weighted by Gasteiger charge is 2.19. The summed E-state index contributed by atoms with van der Waals surface area (Å²) in [6.45, 7) is 11.0. The van der Waals surface area contributed by atoms with Gasteiger partial charge in [-0.1, -0.05) is 32.4 Å². The predicted octanol–water partition coefficient (Wildman–Crippen LogP) is 4.74. The molecule has 0 saturated carbocycles. The summed E-state index contributed by atoms with van der Waals surface area (Å²) in [4.78, 5) is 14.6. The summed E-state index contributed by atoms with van der Waals surface area (Å²) in [6, 6.07) is 8.13. The fraction of sp³-hybridized carbons (Fsp3) is 0.577. The van der Waals surface area contributed by atoms with E-state index in [0.29, 0.717) is 11.9 Å². The van der Waals surface area contributed by atoms with E-state index in [1.54, 1.807) is 7.11 Å². The summed E-state index contributed by atoms with van der Waals surface area (Å²) < 4.78 is 7.24. The summed E-state index contributed by atoms with van der Waals surface area (Å²) >= 11 is 0. The van der Waals surface area contributed by atoms with E-state index in [4.69, 9.17) is 14.7 Å². The molecule has 1 saturated heterocycles. The van der Waals surface area contributed by atoms with Crippen molar-refractivity contribution in [2.45, 2.75) is 58.4 Å². The molecule has 0 radical (unpaired) electrons. The zero-order valence-corrected chi connectivity index (χ0v) is 21.3. The number of hydrogen-bond donors (Lipinski definition) is 1. The molecule has 3 aromatic rings. The predicted molar refractivity (Wildman–Crippen MR) is 138 cm³/mol.